The van der Waals surface area contributed by atoms with Crippen LogP contribution in [-0.4, -0.2) is 19.2 Å². The lowest BCUT2D eigenvalue weighted by Crippen LogP contribution is -2.36. The van der Waals surface area contributed by atoms with Gasteiger partial charge < -0.3 is 20.1 Å². The highest BCUT2D eigenvalue weighted by Gasteiger charge is 2.13. The Bertz CT molecular complexity index is 643. The highest BCUT2D eigenvalue weighted by atomic mass is 32.1. The number of hydrogen-bond donors (Lipinski definition) is 2. The quantitative estimate of drug-likeness (QED) is 0.911. The van der Waals surface area contributed by atoms with E-state index in [0.717, 1.165) is 21.9 Å². The first-order valence-corrected chi connectivity index (χ1v) is 8.06. The average Bonchev–Trinajstić information content (AvgIpc) is 3.07. The Labute approximate surface area is 133 Å². The molecule has 0 radical (unpaired) electrons. The molecule has 1 aromatic carbocycles. The summed E-state index contributed by atoms with van der Waals surface area (Å²) in [5.74, 6) is 1.49. The van der Waals surface area contributed by atoms with E-state index in [0.29, 0.717) is 19.8 Å². The van der Waals surface area contributed by atoms with Crippen LogP contribution in [0.4, 0.5) is 4.79 Å². The molecule has 22 heavy (non-hydrogen) atoms. The molecule has 0 bridgehead atoms. The van der Waals surface area contributed by atoms with Gasteiger partial charge in [0.15, 0.2) is 11.5 Å². The van der Waals surface area contributed by atoms with E-state index >= 15 is 0 Å². The van der Waals surface area contributed by atoms with E-state index in [4.69, 9.17) is 9.47 Å². The SMILES string of the molecule is C[C@@H](NC(=O)NCc1ccc2c(c1)OCCO2)c1cccs1. The second kappa shape index (κ2) is 6.70. The van der Waals surface area contributed by atoms with Gasteiger partial charge in [0.25, 0.3) is 0 Å². The minimum atomic E-state index is -0.184. The molecule has 0 fully saturated rings. The Balaban J connectivity index is 1.52. The van der Waals surface area contributed by atoms with Gasteiger partial charge in [-0.25, -0.2) is 4.79 Å². The Morgan fingerprint density at radius 2 is 2.09 bits per heavy atom. The van der Waals surface area contributed by atoms with Crippen LogP contribution in [0.15, 0.2) is 35.7 Å². The van der Waals surface area contributed by atoms with Crippen LogP contribution in [0.25, 0.3) is 0 Å². The minimum absolute atomic E-state index is 0.000247. The fourth-order valence-corrected chi connectivity index (χ4v) is 2.97. The highest BCUT2D eigenvalue weighted by molar-refractivity contribution is 7.10. The van der Waals surface area contributed by atoms with Crippen LogP contribution in [0.3, 0.4) is 0 Å². The third-order valence-corrected chi connectivity index (χ3v) is 4.43. The summed E-state index contributed by atoms with van der Waals surface area (Å²) in [7, 11) is 0. The third-order valence-electron chi connectivity index (χ3n) is 3.38. The van der Waals surface area contributed by atoms with Gasteiger partial charge in [0, 0.05) is 11.4 Å². The van der Waals surface area contributed by atoms with Gasteiger partial charge in [0.1, 0.15) is 13.2 Å². The molecule has 2 aromatic rings. The van der Waals surface area contributed by atoms with Crippen molar-refractivity contribution in [3.63, 3.8) is 0 Å². The molecule has 2 heterocycles. The summed E-state index contributed by atoms with van der Waals surface area (Å²) >= 11 is 1.63. The van der Waals surface area contributed by atoms with Gasteiger partial charge in [-0.2, -0.15) is 0 Å². The zero-order valence-electron chi connectivity index (χ0n) is 12.3. The van der Waals surface area contributed by atoms with Crippen LogP contribution in [-0.2, 0) is 6.54 Å². The smallest absolute Gasteiger partial charge is 0.315 e. The van der Waals surface area contributed by atoms with Crippen LogP contribution in [0.2, 0.25) is 0 Å². The summed E-state index contributed by atoms with van der Waals surface area (Å²) in [5, 5.41) is 7.78. The molecule has 0 saturated carbocycles. The molecule has 0 spiro atoms. The molecule has 0 unspecified atom stereocenters. The zero-order valence-corrected chi connectivity index (χ0v) is 13.1. The number of ether oxygens (including phenoxy) is 2. The van der Waals surface area contributed by atoms with E-state index < -0.39 is 0 Å². The van der Waals surface area contributed by atoms with Crippen molar-refractivity contribution in [3.05, 3.63) is 46.2 Å². The first kappa shape index (κ1) is 14.7. The molecule has 1 aliphatic rings. The normalized spacial score (nSPS) is 14.2. The molecule has 1 aliphatic heterocycles. The van der Waals surface area contributed by atoms with Crippen molar-refractivity contribution >= 4 is 17.4 Å². The number of rotatable bonds is 4. The Kier molecular flexibility index (Phi) is 4.48. The minimum Gasteiger partial charge on any atom is -0.486 e. The molecule has 1 aromatic heterocycles. The maximum absolute atomic E-state index is 11.9. The summed E-state index contributed by atoms with van der Waals surface area (Å²) in [5.41, 5.74) is 0.975. The predicted octanol–water partition coefficient (Wildman–Crippen LogP) is 3.08. The number of urea groups is 1. The largest absolute Gasteiger partial charge is 0.486 e. The van der Waals surface area contributed by atoms with E-state index in [9.17, 15) is 4.79 Å². The maximum Gasteiger partial charge on any atom is 0.315 e. The molecule has 1 atom stereocenters. The van der Waals surface area contributed by atoms with Crippen molar-refractivity contribution in [2.75, 3.05) is 13.2 Å². The Morgan fingerprint density at radius 1 is 1.27 bits per heavy atom. The predicted molar refractivity (Wildman–Crippen MR) is 85.5 cm³/mol. The van der Waals surface area contributed by atoms with Crippen LogP contribution < -0.4 is 20.1 Å². The van der Waals surface area contributed by atoms with E-state index in [-0.39, 0.29) is 12.1 Å². The van der Waals surface area contributed by atoms with E-state index in [1.165, 1.54) is 0 Å². The summed E-state index contributed by atoms with van der Waals surface area (Å²) in [4.78, 5) is 13.1. The van der Waals surface area contributed by atoms with Gasteiger partial charge in [-0.05, 0) is 36.1 Å². The van der Waals surface area contributed by atoms with Crippen molar-refractivity contribution in [3.8, 4) is 11.5 Å². The average molecular weight is 318 g/mol. The molecule has 3 rings (SSSR count). The molecule has 116 valence electrons. The molecule has 6 heteroatoms. The van der Waals surface area contributed by atoms with Crippen molar-refractivity contribution in [1.82, 2.24) is 10.6 Å². The zero-order chi connectivity index (χ0) is 15.4. The molecule has 0 saturated heterocycles. The van der Waals surface area contributed by atoms with Crippen LogP contribution >= 0.6 is 11.3 Å². The van der Waals surface area contributed by atoms with Crippen molar-refractivity contribution in [2.24, 2.45) is 0 Å². The second-order valence-corrected chi connectivity index (χ2v) is 6.02. The molecule has 2 N–H and O–H groups in total. The fourth-order valence-electron chi connectivity index (χ4n) is 2.24. The van der Waals surface area contributed by atoms with Gasteiger partial charge >= 0.3 is 6.03 Å². The Hall–Kier alpha value is -2.21. The van der Waals surface area contributed by atoms with Gasteiger partial charge in [-0.3, -0.25) is 0 Å². The van der Waals surface area contributed by atoms with Crippen molar-refractivity contribution in [1.29, 1.82) is 0 Å². The topological polar surface area (TPSA) is 59.6 Å². The van der Waals surface area contributed by atoms with Gasteiger partial charge in [-0.15, -0.1) is 11.3 Å². The second-order valence-electron chi connectivity index (χ2n) is 5.04. The first-order chi connectivity index (χ1) is 10.7. The number of thiophene rings is 1. The van der Waals surface area contributed by atoms with Crippen LogP contribution in [0.1, 0.15) is 23.4 Å². The summed E-state index contributed by atoms with van der Waals surface area (Å²) in [6.45, 7) is 3.55. The number of carbonyl (C=O) groups is 1. The number of hydrogen-bond acceptors (Lipinski definition) is 4. The molecule has 2 amide bonds. The van der Waals surface area contributed by atoms with Crippen molar-refractivity contribution in [2.45, 2.75) is 19.5 Å². The molecular formula is C16H18N2O3S. The lowest BCUT2D eigenvalue weighted by Gasteiger charge is -2.19. The summed E-state index contributed by atoms with van der Waals surface area (Å²) < 4.78 is 11.0. The summed E-state index contributed by atoms with van der Waals surface area (Å²) in [6, 6.07) is 9.50. The van der Waals surface area contributed by atoms with Crippen molar-refractivity contribution < 1.29 is 14.3 Å². The number of fused-ring (bicyclic) bond motifs is 1. The standard InChI is InChI=1S/C16H18N2O3S/c1-11(15-3-2-8-22-15)18-16(19)17-10-12-4-5-13-14(9-12)21-7-6-20-13/h2-5,8-9,11H,6-7,10H2,1H3,(H2,17,18,19)/t11-/m1/s1. The Morgan fingerprint density at radius 3 is 2.86 bits per heavy atom. The molecule has 0 aliphatic carbocycles. The maximum atomic E-state index is 11.9. The van der Waals surface area contributed by atoms with Crippen LogP contribution in [0, 0.1) is 0 Å². The van der Waals surface area contributed by atoms with E-state index in [1.54, 1.807) is 11.3 Å². The van der Waals surface area contributed by atoms with Gasteiger partial charge in [-0.1, -0.05) is 12.1 Å². The lowest BCUT2D eigenvalue weighted by atomic mass is 10.2. The van der Waals surface area contributed by atoms with Crippen LogP contribution in [0.5, 0.6) is 11.5 Å². The first-order valence-electron chi connectivity index (χ1n) is 7.18. The number of amides is 2. The third kappa shape index (κ3) is 3.51. The van der Waals surface area contributed by atoms with E-state index in [2.05, 4.69) is 10.6 Å². The number of nitrogens with one attached hydrogen (secondary N) is 2. The fraction of sp³-hybridized carbons (Fsp3) is 0.312. The van der Waals surface area contributed by atoms with E-state index in [1.807, 2.05) is 42.6 Å². The molecule has 5 nitrogen and oxygen atoms in total. The summed E-state index contributed by atoms with van der Waals surface area (Å²) in [6.07, 6.45) is 0. The van der Waals surface area contributed by atoms with Gasteiger partial charge in [0.2, 0.25) is 0 Å². The monoisotopic (exact) mass is 318 g/mol. The number of benzene rings is 1. The highest BCUT2D eigenvalue weighted by Crippen LogP contribution is 2.30. The lowest BCUT2D eigenvalue weighted by molar-refractivity contribution is 0.171. The molecular weight excluding hydrogens is 300 g/mol. The number of carbonyl (C=O) groups excluding carboxylic acids is 1. The van der Waals surface area contributed by atoms with Gasteiger partial charge in [0.05, 0.1) is 6.04 Å².